The molecular formula is C17H20O. The van der Waals surface area contributed by atoms with Crippen molar-refractivity contribution >= 4 is 0 Å². The van der Waals surface area contributed by atoms with Gasteiger partial charge < -0.3 is 5.11 Å². The lowest BCUT2D eigenvalue weighted by Gasteiger charge is -2.19. The van der Waals surface area contributed by atoms with Crippen LogP contribution in [-0.4, -0.2) is 11.2 Å². The van der Waals surface area contributed by atoms with Gasteiger partial charge in [-0.05, 0) is 24.0 Å². The Hall–Kier alpha value is -1.60. The Morgan fingerprint density at radius 2 is 1.44 bits per heavy atom. The Morgan fingerprint density at radius 1 is 0.889 bits per heavy atom. The highest BCUT2D eigenvalue weighted by atomic mass is 16.3. The lowest BCUT2D eigenvalue weighted by molar-refractivity contribution is 0.140. The van der Waals surface area contributed by atoms with E-state index >= 15 is 0 Å². The summed E-state index contributed by atoms with van der Waals surface area (Å²) >= 11 is 0. The number of aryl methyl sites for hydroxylation is 1. The molecule has 0 radical (unpaired) electrons. The first-order chi connectivity index (χ1) is 8.77. The van der Waals surface area contributed by atoms with Gasteiger partial charge in [0.2, 0.25) is 0 Å². The van der Waals surface area contributed by atoms with Gasteiger partial charge >= 0.3 is 0 Å². The summed E-state index contributed by atoms with van der Waals surface area (Å²) in [6, 6.07) is 20.5. The summed E-state index contributed by atoms with van der Waals surface area (Å²) < 4.78 is 0. The average molecular weight is 240 g/mol. The van der Waals surface area contributed by atoms with Crippen molar-refractivity contribution in [1.82, 2.24) is 0 Å². The Morgan fingerprint density at radius 3 is 2.06 bits per heavy atom. The largest absolute Gasteiger partial charge is 0.392 e. The van der Waals surface area contributed by atoms with Gasteiger partial charge in [-0.2, -0.15) is 0 Å². The molecule has 18 heavy (non-hydrogen) atoms. The van der Waals surface area contributed by atoms with Crippen LogP contribution in [0.15, 0.2) is 60.7 Å². The molecule has 0 heterocycles. The predicted octanol–water partition coefficient (Wildman–Crippen LogP) is 3.78. The van der Waals surface area contributed by atoms with Gasteiger partial charge in [-0.3, -0.25) is 0 Å². The number of benzene rings is 2. The number of rotatable bonds is 5. The van der Waals surface area contributed by atoms with Gasteiger partial charge in [0.15, 0.2) is 0 Å². The van der Waals surface area contributed by atoms with Crippen LogP contribution in [0, 0.1) is 0 Å². The number of hydrogen-bond acceptors (Lipinski definition) is 1. The Balaban J connectivity index is 1.90. The van der Waals surface area contributed by atoms with E-state index in [-0.39, 0.29) is 12.0 Å². The second kappa shape index (κ2) is 6.36. The third kappa shape index (κ3) is 3.44. The van der Waals surface area contributed by atoms with Crippen molar-refractivity contribution in [3.05, 3.63) is 71.8 Å². The molecule has 0 amide bonds. The van der Waals surface area contributed by atoms with Crippen LogP contribution in [0.4, 0.5) is 0 Å². The lowest BCUT2D eigenvalue weighted by Crippen LogP contribution is -2.16. The molecule has 0 saturated heterocycles. The van der Waals surface area contributed by atoms with Gasteiger partial charge in [0.1, 0.15) is 0 Å². The van der Waals surface area contributed by atoms with E-state index in [9.17, 15) is 5.11 Å². The second-order valence-electron chi connectivity index (χ2n) is 4.79. The molecule has 0 aliphatic rings. The Kier molecular flexibility index (Phi) is 4.54. The fraction of sp³-hybridized carbons (Fsp3) is 0.294. The van der Waals surface area contributed by atoms with Gasteiger partial charge in [0.25, 0.3) is 0 Å². The van der Waals surface area contributed by atoms with Gasteiger partial charge in [-0.15, -0.1) is 0 Å². The van der Waals surface area contributed by atoms with Gasteiger partial charge in [0.05, 0.1) is 6.10 Å². The van der Waals surface area contributed by atoms with Crippen molar-refractivity contribution in [2.24, 2.45) is 0 Å². The molecule has 2 atom stereocenters. The molecule has 1 nitrogen and oxygen atoms in total. The maximum Gasteiger partial charge on any atom is 0.0609 e. The molecule has 2 aromatic rings. The minimum Gasteiger partial charge on any atom is -0.392 e. The van der Waals surface area contributed by atoms with Crippen molar-refractivity contribution in [3.8, 4) is 0 Å². The molecule has 0 aromatic heterocycles. The minimum absolute atomic E-state index is 0.190. The van der Waals surface area contributed by atoms with E-state index in [1.54, 1.807) is 0 Å². The molecule has 0 aliphatic carbocycles. The van der Waals surface area contributed by atoms with E-state index in [4.69, 9.17) is 0 Å². The quantitative estimate of drug-likeness (QED) is 0.843. The van der Waals surface area contributed by atoms with Crippen LogP contribution in [0.3, 0.4) is 0 Å². The Bertz CT molecular complexity index is 450. The van der Waals surface area contributed by atoms with Crippen LogP contribution in [-0.2, 0) is 6.42 Å². The maximum atomic E-state index is 10.2. The first-order valence-electron chi connectivity index (χ1n) is 6.54. The SMILES string of the molecule is CC(c1ccccc1)C(O)CCc1ccccc1. The number of aliphatic hydroxyl groups excluding tert-OH is 1. The monoisotopic (exact) mass is 240 g/mol. The van der Waals surface area contributed by atoms with E-state index < -0.39 is 0 Å². The Labute approximate surface area is 109 Å². The molecule has 2 rings (SSSR count). The van der Waals surface area contributed by atoms with Crippen molar-refractivity contribution in [1.29, 1.82) is 0 Å². The van der Waals surface area contributed by atoms with Crippen molar-refractivity contribution in [3.63, 3.8) is 0 Å². The highest BCUT2D eigenvalue weighted by Crippen LogP contribution is 2.22. The summed E-state index contributed by atoms with van der Waals surface area (Å²) in [4.78, 5) is 0. The smallest absolute Gasteiger partial charge is 0.0609 e. The van der Waals surface area contributed by atoms with E-state index in [1.807, 2.05) is 36.4 Å². The summed E-state index contributed by atoms with van der Waals surface area (Å²) in [5.41, 5.74) is 2.50. The van der Waals surface area contributed by atoms with Crippen molar-refractivity contribution in [2.45, 2.75) is 31.8 Å². The van der Waals surface area contributed by atoms with Crippen molar-refractivity contribution in [2.75, 3.05) is 0 Å². The third-order valence-electron chi connectivity index (χ3n) is 3.47. The molecule has 0 fully saturated rings. The summed E-state index contributed by atoms with van der Waals surface area (Å²) in [5, 5.41) is 10.2. The molecule has 0 spiro atoms. The zero-order valence-electron chi connectivity index (χ0n) is 10.8. The normalized spacial score (nSPS) is 14.1. The van der Waals surface area contributed by atoms with Crippen LogP contribution < -0.4 is 0 Å². The molecule has 94 valence electrons. The maximum absolute atomic E-state index is 10.2. The van der Waals surface area contributed by atoms with E-state index in [1.165, 1.54) is 11.1 Å². The van der Waals surface area contributed by atoms with Crippen LogP contribution in [0.25, 0.3) is 0 Å². The molecule has 2 unspecified atom stereocenters. The fourth-order valence-electron chi connectivity index (χ4n) is 2.19. The van der Waals surface area contributed by atoms with Crippen LogP contribution in [0.2, 0.25) is 0 Å². The van der Waals surface area contributed by atoms with Crippen LogP contribution >= 0.6 is 0 Å². The van der Waals surface area contributed by atoms with E-state index in [0.29, 0.717) is 0 Å². The third-order valence-corrected chi connectivity index (χ3v) is 3.47. The highest BCUT2D eigenvalue weighted by molar-refractivity contribution is 5.20. The molecule has 0 saturated carbocycles. The summed E-state index contributed by atoms with van der Waals surface area (Å²) in [7, 11) is 0. The lowest BCUT2D eigenvalue weighted by atomic mass is 9.91. The number of hydrogen-bond donors (Lipinski definition) is 1. The van der Waals surface area contributed by atoms with Gasteiger partial charge in [-0.25, -0.2) is 0 Å². The van der Waals surface area contributed by atoms with Crippen molar-refractivity contribution < 1.29 is 5.11 Å². The van der Waals surface area contributed by atoms with Gasteiger partial charge in [-0.1, -0.05) is 67.6 Å². The van der Waals surface area contributed by atoms with Gasteiger partial charge in [0, 0.05) is 5.92 Å². The fourth-order valence-corrected chi connectivity index (χ4v) is 2.19. The summed E-state index contributed by atoms with van der Waals surface area (Å²) in [6.07, 6.45) is 1.45. The first-order valence-corrected chi connectivity index (χ1v) is 6.54. The predicted molar refractivity (Wildman–Crippen MR) is 75.6 cm³/mol. The standard InChI is InChI=1S/C17H20O/c1-14(16-10-6-3-7-11-16)17(18)13-12-15-8-4-2-5-9-15/h2-11,14,17-18H,12-13H2,1H3. The minimum atomic E-state index is -0.285. The molecule has 1 N–H and O–H groups in total. The zero-order chi connectivity index (χ0) is 12.8. The summed E-state index contributed by atoms with van der Waals surface area (Å²) in [6.45, 7) is 2.09. The molecule has 0 aliphatic heterocycles. The van der Waals surface area contributed by atoms with E-state index in [0.717, 1.165) is 12.8 Å². The second-order valence-corrected chi connectivity index (χ2v) is 4.79. The molecule has 2 aromatic carbocycles. The van der Waals surface area contributed by atoms with Crippen LogP contribution in [0.1, 0.15) is 30.4 Å². The summed E-state index contributed by atoms with van der Waals surface area (Å²) in [5.74, 6) is 0.190. The highest BCUT2D eigenvalue weighted by Gasteiger charge is 2.15. The molecule has 1 heteroatoms. The zero-order valence-corrected chi connectivity index (χ0v) is 10.8. The average Bonchev–Trinajstić information content (AvgIpc) is 2.46. The molecule has 0 bridgehead atoms. The van der Waals surface area contributed by atoms with Crippen LogP contribution in [0.5, 0.6) is 0 Å². The molecular weight excluding hydrogens is 220 g/mol. The topological polar surface area (TPSA) is 20.2 Å². The number of aliphatic hydroxyl groups is 1. The van der Waals surface area contributed by atoms with E-state index in [2.05, 4.69) is 31.2 Å². The first kappa shape index (κ1) is 12.8.